The van der Waals surface area contributed by atoms with Crippen LogP contribution < -0.4 is 4.74 Å². The molecule has 1 saturated heterocycles. The van der Waals surface area contributed by atoms with Crippen molar-refractivity contribution >= 4 is 15.7 Å². The van der Waals surface area contributed by atoms with Crippen LogP contribution in [0.25, 0.3) is 0 Å². The van der Waals surface area contributed by atoms with Crippen LogP contribution in [0.3, 0.4) is 0 Å². The van der Waals surface area contributed by atoms with Crippen LogP contribution in [0.1, 0.15) is 44.4 Å². The van der Waals surface area contributed by atoms with Gasteiger partial charge >= 0.3 is 5.69 Å². The normalized spacial score (nSPS) is 17.2. The van der Waals surface area contributed by atoms with Gasteiger partial charge in [-0.1, -0.05) is 19.0 Å². The van der Waals surface area contributed by atoms with Crippen LogP contribution in [-0.4, -0.2) is 66.0 Å². The first-order valence-electron chi connectivity index (χ1n) is 9.55. The maximum Gasteiger partial charge on any atom is 0.312 e. The average Bonchev–Trinajstić information content (AvgIpc) is 3.23. The predicted octanol–water partition coefficient (Wildman–Crippen LogP) is 2.18. The van der Waals surface area contributed by atoms with Crippen molar-refractivity contribution in [2.45, 2.75) is 37.6 Å². The first-order chi connectivity index (χ1) is 14.1. The second-order valence-electron chi connectivity index (χ2n) is 7.35. The molecule has 0 radical (unpaired) electrons. The molecule has 3 rings (SSSR count). The Morgan fingerprint density at radius 1 is 1.20 bits per heavy atom. The summed E-state index contributed by atoms with van der Waals surface area (Å²) >= 11 is 0. The van der Waals surface area contributed by atoms with Crippen molar-refractivity contribution in [3.8, 4) is 5.75 Å². The number of nitro benzene ring substituents is 1. The minimum atomic E-state index is -3.87. The number of ether oxygens (including phenoxy) is 1. The molecule has 1 aromatic carbocycles. The molecule has 1 aliphatic heterocycles. The van der Waals surface area contributed by atoms with E-state index in [4.69, 9.17) is 9.26 Å². The second kappa shape index (κ2) is 8.66. The highest BCUT2D eigenvalue weighted by atomic mass is 32.2. The van der Waals surface area contributed by atoms with E-state index in [2.05, 4.69) is 15.0 Å². The Balaban J connectivity index is 1.72. The van der Waals surface area contributed by atoms with Crippen molar-refractivity contribution in [2.75, 3.05) is 33.3 Å². The fraction of sp³-hybridized carbons (Fsp3) is 0.556. The van der Waals surface area contributed by atoms with E-state index in [1.807, 2.05) is 20.8 Å². The van der Waals surface area contributed by atoms with Crippen LogP contribution in [0.2, 0.25) is 0 Å². The van der Waals surface area contributed by atoms with E-state index in [1.54, 1.807) is 0 Å². The minimum absolute atomic E-state index is 0.0120. The number of rotatable bonds is 7. The summed E-state index contributed by atoms with van der Waals surface area (Å²) in [5.41, 5.74) is -0.386. The second-order valence-corrected chi connectivity index (χ2v) is 9.29. The molecule has 30 heavy (non-hydrogen) atoms. The maximum atomic E-state index is 13.0. The molecule has 1 aromatic heterocycles. The molecule has 1 aliphatic rings. The SMILES string of the molecule is COc1ccc(S(=O)(=O)N2CCN(C(C)c3nc(C(C)C)no3)CC2)cc1[N+](=O)[O-]. The van der Waals surface area contributed by atoms with Gasteiger partial charge in [-0.05, 0) is 19.1 Å². The summed E-state index contributed by atoms with van der Waals surface area (Å²) in [5, 5.41) is 15.2. The number of hydrogen-bond donors (Lipinski definition) is 0. The first-order valence-corrected chi connectivity index (χ1v) is 11.0. The lowest BCUT2D eigenvalue weighted by atomic mass is 10.2. The van der Waals surface area contributed by atoms with Gasteiger partial charge in [0.2, 0.25) is 15.9 Å². The number of sulfonamides is 1. The van der Waals surface area contributed by atoms with Gasteiger partial charge in [-0.15, -0.1) is 0 Å². The highest BCUT2D eigenvalue weighted by molar-refractivity contribution is 7.89. The number of piperazine rings is 1. The molecule has 1 unspecified atom stereocenters. The molecular formula is C18H25N5O6S. The number of nitro groups is 1. The highest BCUT2D eigenvalue weighted by Gasteiger charge is 2.33. The molecule has 11 nitrogen and oxygen atoms in total. The molecule has 0 saturated carbocycles. The van der Waals surface area contributed by atoms with Gasteiger partial charge in [0.1, 0.15) is 0 Å². The molecule has 2 aromatic rings. The predicted molar refractivity (Wildman–Crippen MR) is 107 cm³/mol. The smallest absolute Gasteiger partial charge is 0.312 e. The number of hydrogen-bond acceptors (Lipinski definition) is 9. The van der Waals surface area contributed by atoms with Gasteiger partial charge in [-0.3, -0.25) is 15.0 Å². The molecule has 0 N–H and O–H groups in total. The van der Waals surface area contributed by atoms with Crippen molar-refractivity contribution < 1.29 is 22.6 Å². The van der Waals surface area contributed by atoms with Crippen LogP contribution >= 0.6 is 0 Å². The Labute approximate surface area is 174 Å². The van der Waals surface area contributed by atoms with E-state index >= 15 is 0 Å². The standard InChI is InChI=1S/C18H25N5O6S/c1-12(2)17-19-18(29-20-17)13(3)21-7-9-22(10-8-21)30(26,27)14-5-6-16(28-4)15(11-14)23(24)25/h5-6,11-13H,7-10H2,1-4H3. The first kappa shape index (κ1) is 22.1. The van der Waals surface area contributed by atoms with Crippen molar-refractivity contribution in [1.82, 2.24) is 19.3 Å². The topological polar surface area (TPSA) is 132 Å². The lowest BCUT2D eigenvalue weighted by Crippen LogP contribution is -2.49. The lowest BCUT2D eigenvalue weighted by molar-refractivity contribution is -0.386. The monoisotopic (exact) mass is 439 g/mol. The van der Waals surface area contributed by atoms with E-state index < -0.39 is 14.9 Å². The summed E-state index contributed by atoms with van der Waals surface area (Å²) in [6.45, 7) is 7.33. The summed E-state index contributed by atoms with van der Waals surface area (Å²) in [4.78, 5) is 16.9. The van der Waals surface area contributed by atoms with E-state index in [-0.39, 0.29) is 41.4 Å². The largest absolute Gasteiger partial charge is 0.490 e. The Hall–Kier alpha value is -2.57. The van der Waals surface area contributed by atoms with Crippen molar-refractivity contribution in [3.05, 3.63) is 40.0 Å². The third-order valence-corrected chi connectivity index (χ3v) is 7.03. The van der Waals surface area contributed by atoms with Crippen LogP contribution in [0, 0.1) is 10.1 Å². The van der Waals surface area contributed by atoms with Crippen LogP contribution in [0.4, 0.5) is 5.69 Å². The van der Waals surface area contributed by atoms with E-state index in [0.29, 0.717) is 24.8 Å². The quantitative estimate of drug-likeness (QED) is 0.470. The van der Waals surface area contributed by atoms with Gasteiger partial charge in [0.15, 0.2) is 11.6 Å². The molecule has 0 amide bonds. The summed E-state index contributed by atoms with van der Waals surface area (Å²) in [6.07, 6.45) is 0. The van der Waals surface area contributed by atoms with E-state index in [0.717, 1.165) is 6.07 Å². The van der Waals surface area contributed by atoms with E-state index in [9.17, 15) is 18.5 Å². The third-order valence-electron chi connectivity index (χ3n) is 5.14. The van der Waals surface area contributed by atoms with Crippen LogP contribution in [-0.2, 0) is 10.0 Å². The van der Waals surface area contributed by atoms with Gasteiger partial charge in [-0.2, -0.15) is 9.29 Å². The highest BCUT2D eigenvalue weighted by Crippen LogP contribution is 2.31. The fourth-order valence-corrected chi connectivity index (χ4v) is 4.70. The van der Waals surface area contributed by atoms with Crippen LogP contribution in [0.15, 0.2) is 27.6 Å². The molecule has 0 aliphatic carbocycles. The molecular weight excluding hydrogens is 414 g/mol. The molecule has 12 heteroatoms. The molecule has 0 spiro atoms. The molecule has 1 atom stereocenters. The number of methoxy groups -OCH3 is 1. The van der Waals surface area contributed by atoms with Gasteiger partial charge < -0.3 is 9.26 Å². The van der Waals surface area contributed by atoms with Gasteiger partial charge in [0.05, 0.1) is 23.0 Å². The summed E-state index contributed by atoms with van der Waals surface area (Å²) < 4.78 is 37.6. The summed E-state index contributed by atoms with van der Waals surface area (Å²) in [6, 6.07) is 3.51. The molecule has 164 valence electrons. The Morgan fingerprint density at radius 3 is 2.40 bits per heavy atom. The molecule has 0 bridgehead atoms. The molecule has 1 fully saturated rings. The van der Waals surface area contributed by atoms with Gasteiger partial charge in [0, 0.05) is 38.2 Å². The average molecular weight is 439 g/mol. The number of nitrogens with zero attached hydrogens (tertiary/aromatic N) is 5. The van der Waals surface area contributed by atoms with Crippen LogP contribution in [0.5, 0.6) is 5.75 Å². The number of aromatic nitrogens is 2. The zero-order chi connectivity index (χ0) is 22.1. The fourth-order valence-electron chi connectivity index (χ4n) is 3.26. The Kier molecular flexibility index (Phi) is 6.38. The maximum absolute atomic E-state index is 13.0. The zero-order valence-electron chi connectivity index (χ0n) is 17.3. The summed E-state index contributed by atoms with van der Waals surface area (Å²) in [5.74, 6) is 1.31. The summed E-state index contributed by atoms with van der Waals surface area (Å²) in [7, 11) is -2.57. The third kappa shape index (κ3) is 4.30. The Bertz CT molecular complexity index is 1010. The number of benzene rings is 1. The van der Waals surface area contributed by atoms with E-state index in [1.165, 1.54) is 23.5 Å². The van der Waals surface area contributed by atoms with Gasteiger partial charge in [0.25, 0.3) is 0 Å². The molecule has 2 heterocycles. The van der Waals surface area contributed by atoms with Crippen molar-refractivity contribution in [2.24, 2.45) is 0 Å². The zero-order valence-corrected chi connectivity index (χ0v) is 18.1. The van der Waals surface area contributed by atoms with Crippen molar-refractivity contribution in [3.63, 3.8) is 0 Å². The lowest BCUT2D eigenvalue weighted by Gasteiger charge is -2.36. The van der Waals surface area contributed by atoms with Gasteiger partial charge in [-0.25, -0.2) is 8.42 Å². The van der Waals surface area contributed by atoms with Crippen molar-refractivity contribution in [1.29, 1.82) is 0 Å². The minimum Gasteiger partial charge on any atom is -0.490 e. The Morgan fingerprint density at radius 2 is 1.87 bits per heavy atom.